The third-order valence-corrected chi connectivity index (χ3v) is 4.41. The number of amides is 2. The molecule has 20 heavy (non-hydrogen) atoms. The Morgan fingerprint density at radius 1 is 1.40 bits per heavy atom. The first kappa shape index (κ1) is 15.1. The van der Waals surface area contributed by atoms with E-state index in [0.29, 0.717) is 5.92 Å². The molecule has 0 aromatic rings. The molecule has 1 saturated carbocycles. The maximum absolute atomic E-state index is 12.1. The van der Waals surface area contributed by atoms with Gasteiger partial charge >= 0.3 is 12.0 Å². The normalized spacial score (nSPS) is 30.4. The molecule has 0 radical (unpaired) electrons. The number of aliphatic carboxylic acids is 1. The number of ether oxygens (including phenoxy) is 1. The number of hydrogen-bond donors (Lipinski definition) is 2. The van der Waals surface area contributed by atoms with Crippen LogP contribution >= 0.6 is 0 Å². The van der Waals surface area contributed by atoms with Gasteiger partial charge in [0, 0.05) is 32.2 Å². The zero-order chi connectivity index (χ0) is 14.7. The van der Waals surface area contributed by atoms with Crippen molar-refractivity contribution in [3.05, 3.63) is 0 Å². The van der Waals surface area contributed by atoms with Crippen molar-refractivity contribution in [2.75, 3.05) is 20.2 Å². The second-order valence-electron chi connectivity index (χ2n) is 5.97. The van der Waals surface area contributed by atoms with Crippen LogP contribution in [0.3, 0.4) is 0 Å². The van der Waals surface area contributed by atoms with Crippen LogP contribution in [-0.2, 0) is 9.53 Å². The van der Waals surface area contributed by atoms with E-state index in [-0.39, 0.29) is 24.7 Å². The first-order valence-corrected chi connectivity index (χ1v) is 7.35. The van der Waals surface area contributed by atoms with Gasteiger partial charge in [0.25, 0.3) is 0 Å². The van der Waals surface area contributed by atoms with E-state index in [2.05, 4.69) is 5.32 Å². The Balaban J connectivity index is 1.85. The predicted molar refractivity (Wildman–Crippen MR) is 73.4 cm³/mol. The quantitative estimate of drug-likeness (QED) is 0.815. The smallest absolute Gasteiger partial charge is 0.317 e. The van der Waals surface area contributed by atoms with Crippen LogP contribution < -0.4 is 5.32 Å². The third-order valence-electron chi connectivity index (χ3n) is 4.41. The summed E-state index contributed by atoms with van der Waals surface area (Å²) < 4.78 is 5.68. The fraction of sp³-hybridized carbons (Fsp3) is 0.857. The molecule has 2 amide bonds. The zero-order valence-corrected chi connectivity index (χ0v) is 12.2. The lowest BCUT2D eigenvalue weighted by Crippen LogP contribution is -2.50. The van der Waals surface area contributed by atoms with Gasteiger partial charge in [-0.25, -0.2) is 4.79 Å². The van der Waals surface area contributed by atoms with Crippen molar-refractivity contribution < 1.29 is 19.4 Å². The number of urea groups is 1. The molecule has 0 spiro atoms. The van der Waals surface area contributed by atoms with Crippen molar-refractivity contribution in [2.45, 2.75) is 44.8 Å². The SMILES string of the molecule is CC(CN(C)C(=O)NC1CCCC2OCCC12)C(=O)O. The van der Waals surface area contributed by atoms with Gasteiger partial charge < -0.3 is 20.1 Å². The van der Waals surface area contributed by atoms with Crippen molar-refractivity contribution >= 4 is 12.0 Å². The largest absolute Gasteiger partial charge is 0.481 e. The van der Waals surface area contributed by atoms with Crippen LogP contribution in [0.4, 0.5) is 4.79 Å². The molecule has 0 bridgehead atoms. The Bertz CT molecular complexity index is 374. The summed E-state index contributed by atoms with van der Waals surface area (Å²) in [7, 11) is 1.64. The maximum atomic E-state index is 12.1. The summed E-state index contributed by atoms with van der Waals surface area (Å²) in [5.74, 6) is -1.02. The lowest BCUT2D eigenvalue weighted by molar-refractivity contribution is -0.141. The van der Waals surface area contributed by atoms with Crippen LogP contribution in [-0.4, -0.2) is 54.4 Å². The number of carbonyl (C=O) groups is 2. The van der Waals surface area contributed by atoms with Gasteiger partial charge in [0.2, 0.25) is 0 Å². The Labute approximate surface area is 119 Å². The van der Waals surface area contributed by atoms with E-state index in [4.69, 9.17) is 9.84 Å². The van der Waals surface area contributed by atoms with Crippen LogP contribution in [0.25, 0.3) is 0 Å². The van der Waals surface area contributed by atoms with Gasteiger partial charge in [0.1, 0.15) is 0 Å². The van der Waals surface area contributed by atoms with Crippen LogP contribution in [0, 0.1) is 11.8 Å². The molecule has 1 aliphatic heterocycles. The second kappa shape index (κ2) is 6.43. The number of nitrogens with zero attached hydrogens (tertiary/aromatic N) is 1. The Hall–Kier alpha value is -1.30. The summed E-state index contributed by atoms with van der Waals surface area (Å²) >= 11 is 0. The molecule has 0 aromatic heterocycles. The molecule has 1 aliphatic carbocycles. The van der Waals surface area contributed by atoms with Crippen molar-refractivity contribution in [3.63, 3.8) is 0 Å². The molecule has 6 heteroatoms. The third kappa shape index (κ3) is 3.42. The number of hydrogen-bond acceptors (Lipinski definition) is 3. The monoisotopic (exact) mass is 284 g/mol. The predicted octanol–water partition coefficient (Wildman–Crippen LogP) is 1.31. The van der Waals surface area contributed by atoms with Crippen molar-refractivity contribution in [3.8, 4) is 0 Å². The van der Waals surface area contributed by atoms with E-state index < -0.39 is 11.9 Å². The number of rotatable bonds is 4. The minimum absolute atomic E-state index is 0.159. The van der Waals surface area contributed by atoms with Gasteiger partial charge in [-0.3, -0.25) is 4.79 Å². The second-order valence-corrected chi connectivity index (χ2v) is 5.97. The van der Waals surface area contributed by atoms with Crippen molar-refractivity contribution in [1.29, 1.82) is 0 Å². The highest BCUT2D eigenvalue weighted by Gasteiger charge is 2.38. The molecule has 4 atom stereocenters. The highest BCUT2D eigenvalue weighted by atomic mass is 16.5. The molecule has 2 rings (SSSR count). The lowest BCUT2D eigenvalue weighted by Gasteiger charge is -2.34. The molecule has 4 unspecified atom stereocenters. The first-order valence-electron chi connectivity index (χ1n) is 7.35. The van der Waals surface area contributed by atoms with Gasteiger partial charge in [0.05, 0.1) is 12.0 Å². The van der Waals surface area contributed by atoms with Gasteiger partial charge in [-0.15, -0.1) is 0 Å². The number of carbonyl (C=O) groups excluding carboxylic acids is 1. The summed E-state index contributed by atoms with van der Waals surface area (Å²) in [5.41, 5.74) is 0. The Kier molecular flexibility index (Phi) is 4.86. The summed E-state index contributed by atoms with van der Waals surface area (Å²) in [6.07, 6.45) is 4.44. The summed E-state index contributed by atoms with van der Waals surface area (Å²) in [6, 6.07) is -0.0259. The molecule has 1 saturated heterocycles. The Morgan fingerprint density at radius 2 is 2.15 bits per heavy atom. The molecule has 114 valence electrons. The Morgan fingerprint density at radius 3 is 2.85 bits per heavy atom. The van der Waals surface area contributed by atoms with Crippen molar-refractivity contribution in [2.24, 2.45) is 11.8 Å². The molecule has 2 fully saturated rings. The maximum Gasteiger partial charge on any atom is 0.317 e. The molecular weight excluding hydrogens is 260 g/mol. The summed E-state index contributed by atoms with van der Waals surface area (Å²) in [5, 5.41) is 11.9. The highest BCUT2D eigenvalue weighted by Crippen LogP contribution is 2.34. The average Bonchev–Trinajstić information content (AvgIpc) is 2.87. The van der Waals surface area contributed by atoms with Gasteiger partial charge in [-0.1, -0.05) is 6.92 Å². The van der Waals surface area contributed by atoms with Crippen LogP contribution in [0.5, 0.6) is 0 Å². The molecule has 6 nitrogen and oxygen atoms in total. The van der Waals surface area contributed by atoms with E-state index in [1.54, 1.807) is 14.0 Å². The van der Waals surface area contributed by atoms with E-state index >= 15 is 0 Å². The minimum atomic E-state index is -0.883. The molecule has 0 aromatic carbocycles. The average molecular weight is 284 g/mol. The van der Waals surface area contributed by atoms with E-state index in [1.807, 2.05) is 0 Å². The zero-order valence-electron chi connectivity index (χ0n) is 12.2. The van der Waals surface area contributed by atoms with Gasteiger partial charge in [0.15, 0.2) is 0 Å². The molecule has 2 N–H and O–H groups in total. The standard InChI is InChI=1S/C14H24N2O4/c1-9(13(17)18)8-16(2)14(19)15-11-4-3-5-12-10(11)6-7-20-12/h9-12H,3-8H2,1-2H3,(H,15,19)(H,17,18). The summed E-state index contributed by atoms with van der Waals surface area (Å²) in [6.45, 7) is 2.61. The number of carboxylic acids is 1. The van der Waals surface area contributed by atoms with Gasteiger partial charge in [-0.05, 0) is 25.7 Å². The summed E-state index contributed by atoms with van der Waals surface area (Å²) in [4.78, 5) is 24.4. The van der Waals surface area contributed by atoms with E-state index in [1.165, 1.54) is 4.90 Å². The van der Waals surface area contributed by atoms with E-state index in [0.717, 1.165) is 32.3 Å². The highest BCUT2D eigenvalue weighted by molar-refractivity contribution is 5.76. The number of nitrogens with one attached hydrogen (secondary N) is 1. The van der Waals surface area contributed by atoms with E-state index in [9.17, 15) is 9.59 Å². The van der Waals surface area contributed by atoms with Crippen LogP contribution in [0.15, 0.2) is 0 Å². The topological polar surface area (TPSA) is 78.9 Å². The van der Waals surface area contributed by atoms with Crippen LogP contribution in [0.1, 0.15) is 32.6 Å². The minimum Gasteiger partial charge on any atom is -0.481 e. The van der Waals surface area contributed by atoms with Crippen LogP contribution in [0.2, 0.25) is 0 Å². The molecule has 1 heterocycles. The molecule has 2 aliphatic rings. The fourth-order valence-corrected chi connectivity index (χ4v) is 3.20. The first-order chi connectivity index (χ1) is 9.49. The van der Waals surface area contributed by atoms with Gasteiger partial charge in [-0.2, -0.15) is 0 Å². The fourth-order valence-electron chi connectivity index (χ4n) is 3.20. The van der Waals surface area contributed by atoms with Crippen molar-refractivity contribution in [1.82, 2.24) is 10.2 Å². The number of fused-ring (bicyclic) bond motifs is 1. The lowest BCUT2D eigenvalue weighted by atomic mass is 9.82. The number of carboxylic acid groups (broad SMARTS) is 1. The molecular formula is C14H24N2O4.